The van der Waals surface area contributed by atoms with Crippen LogP contribution in [0.2, 0.25) is 0 Å². The second kappa shape index (κ2) is 7.82. The first-order valence-electron chi connectivity index (χ1n) is 10.2. The fraction of sp³-hybridized carbons (Fsp3) is 0.200. The van der Waals surface area contributed by atoms with Gasteiger partial charge in [-0.05, 0) is 48.2 Å². The van der Waals surface area contributed by atoms with Gasteiger partial charge in [-0.15, -0.1) is 0 Å². The Morgan fingerprint density at radius 1 is 1.00 bits per heavy atom. The molecule has 0 saturated heterocycles. The number of nitrogens with zero attached hydrogens (tertiary/aromatic N) is 3. The van der Waals surface area contributed by atoms with Crippen LogP contribution in [-0.4, -0.2) is 29.7 Å². The zero-order chi connectivity index (χ0) is 20.7. The van der Waals surface area contributed by atoms with E-state index in [1.54, 1.807) is 0 Å². The Labute approximate surface area is 185 Å². The normalized spacial score (nSPS) is 17.3. The predicted molar refractivity (Wildman–Crippen MR) is 124 cm³/mol. The number of anilines is 1. The van der Waals surface area contributed by atoms with Crippen LogP contribution in [0.4, 0.5) is 11.4 Å². The van der Waals surface area contributed by atoms with Gasteiger partial charge in [-0.1, -0.05) is 64.5 Å². The van der Waals surface area contributed by atoms with Crippen molar-refractivity contribution < 1.29 is 4.79 Å². The van der Waals surface area contributed by atoms with E-state index in [2.05, 4.69) is 45.1 Å². The molecule has 2 aliphatic heterocycles. The van der Waals surface area contributed by atoms with Gasteiger partial charge in [0, 0.05) is 23.1 Å². The van der Waals surface area contributed by atoms with E-state index < -0.39 is 0 Å². The third-order valence-electron chi connectivity index (χ3n) is 5.85. The second-order valence-corrected chi connectivity index (χ2v) is 8.71. The largest absolute Gasteiger partial charge is 0.293 e. The van der Waals surface area contributed by atoms with Crippen molar-refractivity contribution in [2.24, 2.45) is 4.99 Å². The lowest BCUT2D eigenvalue weighted by Crippen LogP contribution is -2.43. The lowest BCUT2D eigenvalue weighted by atomic mass is 10.0. The summed E-state index contributed by atoms with van der Waals surface area (Å²) in [6, 6.07) is 22.4. The Morgan fingerprint density at radius 3 is 2.60 bits per heavy atom. The van der Waals surface area contributed by atoms with E-state index in [-0.39, 0.29) is 5.91 Å². The Morgan fingerprint density at radius 2 is 1.77 bits per heavy atom. The lowest BCUT2D eigenvalue weighted by Gasteiger charge is -2.32. The number of para-hydroxylation sites is 1. The van der Waals surface area contributed by atoms with Crippen molar-refractivity contribution in [2.75, 3.05) is 18.1 Å². The molecule has 0 aromatic heterocycles. The zero-order valence-corrected chi connectivity index (χ0v) is 18.4. The molecule has 5 heteroatoms. The number of aliphatic imine (C=N–C) groups is 1. The van der Waals surface area contributed by atoms with Gasteiger partial charge in [-0.2, -0.15) is 0 Å². The minimum atomic E-state index is -0.0354. The number of fused-ring (bicyclic) bond motifs is 2. The molecule has 30 heavy (non-hydrogen) atoms. The molecule has 5 rings (SSSR count). The van der Waals surface area contributed by atoms with Gasteiger partial charge in [0.15, 0.2) is 0 Å². The van der Waals surface area contributed by atoms with Crippen LogP contribution in [-0.2, 0) is 17.8 Å². The highest BCUT2D eigenvalue weighted by atomic mass is 79.9. The number of aryl methyl sites for hydroxylation is 1. The van der Waals surface area contributed by atoms with Gasteiger partial charge in [0.05, 0.1) is 18.0 Å². The highest BCUT2D eigenvalue weighted by Crippen LogP contribution is 2.32. The van der Waals surface area contributed by atoms with Crippen molar-refractivity contribution in [1.29, 1.82) is 0 Å². The molecule has 2 heterocycles. The molecule has 0 unspecified atom stereocenters. The van der Waals surface area contributed by atoms with Gasteiger partial charge in [0.2, 0.25) is 0 Å². The maximum Gasteiger partial charge on any atom is 0.278 e. The molecule has 0 spiro atoms. The summed E-state index contributed by atoms with van der Waals surface area (Å²) in [6.45, 7) is 4.41. The zero-order valence-electron chi connectivity index (χ0n) is 16.8. The van der Waals surface area contributed by atoms with Crippen molar-refractivity contribution in [2.45, 2.75) is 19.9 Å². The summed E-state index contributed by atoms with van der Waals surface area (Å²) < 4.78 is 0.993. The lowest BCUT2D eigenvalue weighted by molar-refractivity contribution is -0.112. The molecule has 0 radical (unpaired) electrons. The van der Waals surface area contributed by atoms with Crippen molar-refractivity contribution in [3.8, 4) is 0 Å². The van der Waals surface area contributed by atoms with Crippen LogP contribution < -0.4 is 4.90 Å². The number of rotatable bonds is 3. The molecule has 0 N–H and O–H groups in total. The van der Waals surface area contributed by atoms with Crippen LogP contribution in [0.3, 0.4) is 0 Å². The minimum Gasteiger partial charge on any atom is -0.293 e. The van der Waals surface area contributed by atoms with Crippen molar-refractivity contribution in [3.05, 3.63) is 93.5 Å². The Balaban J connectivity index is 1.45. The fourth-order valence-electron chi connectivity index (χ4n) is 4.17. The molecule has 2 aliphatic rings. The minimum absolute atomic E-state index is 0.0354. The van der Waals surface area contributed by atoms with E-state index in [0.717, 1.165) is 46.5 Å². The van der Waals surface area contributed by atoms with Crippen molar-refractivity contribution in [1.82, 2.24) is 4.90 Å². The van der Waals surface area contributed by atoms with E-state index >= 15 is 0 Å². The smallest absolute Gasteiger partial charge is 0.278 e. The Kier molecular flexibility index (Phi) is 5.01. The van der Waals surface area contributed by atoms with Gasteiger partial charge in [-0.3, -0.25) is 14.6 Å². The SMILES string of the molecule is Cc1ccc(N=C2C(=O)N(CN3CCc4ccccc4C3)c3ccccc32)cc1Br. The summed E-state index contributed by atoms with van der Waals surface area (Å²) in [5, 5.41) is 0. The second-order valence-electron chi connectivity index (χ2n) is 7.86. The Hall–Kier alpha value is -2.76. The number of hydrogen-bond donors (Lipinski definition) is 0. The number of amides is 1. The van der Waals surface area contributed by atoms with E-state index in [1.807, 2.05) is 54.3 Å². The summed E-state index contributed by atoms with van der Waals surface area (Å²) in [6.07, 6.45) is 1.01. The van der Waals surface area contributed by atoms with Gasteiger partial charge in [0.25, 0.3) is 5.91 Å². The van der Waals surface area contributed by atoms with E-state index in [9.17, 15) is 4.79 Å². The predicted octanol–water partition coefficient (Wildman–Crippen LogP) is 5.24. The third kappa shape index (κ3) is 3.48. The molecule has 150 valence electrons. The molecular formula is C25H22BrN3O. The van der Waals surface area contributed by atoms with Gasteiger partial charge < -0.3 is 0 Å². The average Bonchev–Trinajstić information content (AvgIpc) is 3.02. The van der Waals surface area contributed by atoms with Crippen LogP contribution in [0, 0.1) is 6.92 Å². The molecule has 3 aromatic rings. The molecule has 0 saturated carbocycles. The highest BCUT2D eigenvalue weighted by Gasteiger charge is 2.35. The first-order valence-corrected chi connectivity index (χ1v) is 10.9. The van der Waals surface area contributed by atoms with Gasteiger partial charge in [0.1, 0.15) is 5.71 Å². The summed E-state index contributed by atoms with van der Waals surface area (Å²) in [4.78, 5) is 22.3. The third-order valence-corrected chi connectivity index (χ3v) is 6.70. The molecule has 0 aliphatic carbocycles. The standard InChI is InChI=1S/C25H22BrN3O/c1-17-10-11-20(14-22(17)26)27-24-21-8-4-5-9-23(21)29(25(24)30)16-28-13-12-18-6-2-3-7-19(18)15-28/h2-11,14H,12-13,15-16H2,1H3. The van der Waals surface area contributed by atoms with Crippen molar-refractivity contribution in [3.63, 3.8) is 0 Å². The first-order chi connectivity index (χ1) is 14.6. The maximum absolute atomic E-state index is 13.4. The molecule has 1 amide bonds. The van der Waals surface area contributed by atoms with Crippen LogP contribution in [0.25, 0.3) is 0 Å². The number of hydrogen-bond acceptors (Lipinski definition) is 3. The van der Waals surface area contributed by atoms with E-state index in [0.29, 0.717) is 12.4 Å². The molecule has 0 atom stereocenters. The summed E-state index contributed by atoms with van der Waals surface area (Å²) in [5.74, 6) is -0.0354. The van der Waals surface area contributed by atoms with E-state index in [4.69, 9.17) is 4.99 Å². The summed E-state index contributed by atoms with van der Waals surface area (Å²) in [7, 11) is 0. The first kappa shape index (κ1) is 19.2. The highest BCUT2D eigenvalue weighted by molar-refractivity contribution is 9.10. The molecule has 3 aromatic carbocycles. The quantitative estimate of drug-likeness (QED) is 0.536. The van der Waals surface area contributed by atoms with Gasteiger partial charge >= 0.3 is 0 Å². The number of carbonyl (C=O) groups is 1. The van der Waals surface area contributed by atoms with Crippen LogP contribution >= 0.6 is 15.9 Å². The number of benzene rings is 3. The molecular weight excluding hydrogens is 438 g/mol. The number of carbonyl (C=O) groups excluding carboxylic acids is 1. The number of halogens is 1. The summed E-state index contributed by atoms with van der Waals surface area (Å²) in [5.41, 5.74) is 7.03. The fourth-order valence-corrected chi connectivity index (χ4v) is 4.53. The topological polar surface area (TPSA) is 35.9 Å². The molecule has 0 fully saturated rings. The molecule has 0 bridgehead atoms. The van der Waals surface area contributed by atoms with Crippen LogP contribution in [0.5, 0.6) is 0 Å². The van der Waals surface area contributed by atoms with Crippen LogP contribution in [0.15, 0.2) is 76.2 Å². The monoisotopic (exact) mass is 459 g/mol. The maximum atomic E-state index is 13.4. The summed E-state index contributed by atoms with van der Waals surface area (Å²) >= 11 is 3.56. The molecule has 4 nitrogen and oxygen atoms in total. The Bertz CT molecular complexity index is 1170. The average molecular weight is 460 g/mol. The van der Waals surface area contributed by atoms with Crippen LogP contribution in [0.1, 0.15) is 22.3 Å². The van der Waals surface area contributed by atoms with Crippen molar-refractivity contribution >= 4 is 38.9 Å². The van der Waals surface area contributed by atoms with E-state index in [1.165, 1.54) is 11.1 Å². The van der Waals surface area contributed by atoms with Gasteiger partial charge in [-0.25, -0.2) is 4.99 Å².